The largest absolute Gasteiger partial charge is 0.399 e. The number of hydrogen-bond donors (Lipinski definition) is 1. The maximum absolute atomic E-state index is 5.81. The van der Waals surface area contributed by atoms with Gasteiger partial charge < -0.3 is 5.73 Å². The normalized spacial score (nSPS) is 10.4. The van der Waals surface area contributed by atoms with Crippen LogP contribution < -0.4 is 5.73 Å². The summed E-state index contributed by atoms with van der Waals surface area (Å²) in [4.78, 5) is 0. The summed E-state index contributed by atoms with van der Waals surface area (Å²) in [6.45, 7) is 4.26. The Morgan fingerprint density at radius 3 is 2.31 bits per heavy atom. The molecule has 82 valence electrons. The quantitative estimate of drug-likeness (QED) is 0.751. The van der Waals surface area contributed by atoms with Gasteiger partial charge in [-0.2, -0.15) is 0 Å². The minimum absolute atomic E-state index is 0.840. The predicted octanol–water partition coefficient (Wildman–Crippen LogP) is 3.81. The summed E-state index contributed by atoms with van der Waals surface area (Å²) in [5, 5.41) is 0. The molecule has 0 amide bonds. The Bertz CT molecular complexity index is 483. The molecule has 2 rings (SSSR count). The minimum Gasteiger partial charge on any atom is -0.399 e. The van der Waals surface area contributed by atoms with Gasteiger partial charge in [0.25, 0.3) is 0 Å². The van der Waals surface area contributed by atoms with Crippen molar-refractivity contribution >= 4 is 5.69 Å². The zero-order chi connectivity index (χ0) is 11.5. The molecule has 0 radical (unpaired) electrons. The van der Waals surface area contributed by atoms with Crippen molar-refractivity contribution in [2.45, 2.75) is 20.3 Å². The summed E-state index contributed by atoms with van der Waals surface area (Å²) in [6, 6.07) is 14.8. The maximum atomic E-state index is 5.81. The molecule has 1 heteroatoms. The van der Waals surface area contributed by atoms with Gasteiger partial charge in [-0.25, -0.2) is 0 Å². The van der Waals surface area contributed by atoms with E-state index in [1.807, 2.05) is 6.07 Å². The Kier molecular flexibility index (Phi) is 2.95. The summed E-state index contributed by atoms with van der Waals surface area (Å²) in [6.07, 6.45) is 1.01. The molecule has 0 fully saturated rings. The molecule has 1 nitrogen and oxygen atoms in total. The van der Waals surface area contributed by atoms with E-state index in [1.54, 1.807) is 0 Å². The first-order chi connectivity index (χ1) is 7.70. The lowest BCUT2D eigenvalue weighted by Crippen LogP contribution is -1.91. The van der Waals surface area contributed by atoms with Gasteiger partial charge in [-0.3, -0.25) is 0 Å². The van der Waals surface area contributed by atoms with Crippen molar-refractivity contribution < 1.29 is 0 Å². The lowest BCUT2D eigenvalue weighted by molar-refractivity contribution is 1.14. The van der Waals surface area contributed by atoms with Gasteiger partial charge in [0.2, 0.25) is 0 Å². The fourth-order valence-electron chi connectivity index (χ4n) is 1.92. The highest BCUT2D eigenvalue weighted by molar-refractivity contribution is 5.70. The van der Waals surface area contributed by atoms with Gasteiger partial charge in [-0.15, -0.1) is 0 Å². The Hall–Kier alpha value is -1.76. The van der Waals surface area contributed by atoms with Crippen LogP contribution in [0.4, 0.5) is 5.69 Å². The van der Waals surface area contributed by atoms with E-state index in [0.29, 0.717) is 0 Å². The molecule has 16 heavy (non-hydrogen) atoms. The van der Waals surface area contributed by atoms with Gasteiger partial charge in [-0.05, 0) is 42.2 Å². The third kappa shape index (κ3) is 2.08. The van der Waals surface area contributed by atoms with E-state index in [4.69, 9.17) is 5.73 Å². The summed E-state index contributed by atoms with van der Waals surface area (Å²) in [5.74, 6) is 0. The van der Waals surface area contributed by atoms with Gasteiger partial charge in [0.1, 0.15) is 0 Å². The molecule has 0 aliphatic rings. The van der Waals surface area contributed by atoms with Crippen LogP contribution in [0.3, 0.4) is 0 Å². The first kappa shape index (κ1) is 10.7. The monoisotopic (exact) mass is 211 g/mol. The van der Waals surface area contributed by atoms with E-state index in [9.17, 15) is 0 Å². The number of nitrogen functional groups attached to an aromatic ring is 1. The van der Waals surface area contributed by atoms with Crippen molar-refractivity contribution in [1.82, 2.24) is 0 Å². The molecule has 0 saturated heterocycles. The van der Waals surface area contributed by atoms with Gasteiger partial charge in [0, 0.05) is 5.69 Å². The molecule has 0 spiro atoms. The molecule has 0 aromatic heterocycles. The molecule has 0 saturated carbocycles. The van der Waals surface area contributed by atoms with Crippen LogP contribution in [0.2, 0.25) is 0 Å². The number of anilines is 1. The fourth-order valence-corrected chi connectivity index (χ4v) is 1.92. The van der Waals surface area contributed by atoms with Gasteiger partial charge in [0.05, 0.1) is 0 Å². The molecule has 0 unspecified atom stereocenters. The molecule has 0 heterocycles. The highest BCUT2D eigenvalue weighted by Gasteiger charge is 2.03. The SMILES string of the molecule is CCc1cc(N)ccc1-c1ccc(C)cc1. The van der Waals surface area contributed by atoms with Gasteiger partial charge in [0.15, 0.2) is 0 Å². The number of aryl methyl sites for hydroxylation is 2. The average Bonchev–Trinajstić information content (AvgIpc) is 2.30. The molecular weight excluding hydrogens is 194 g/mol. The zero-order valence-corrected chi connectivity index (χ0v) is 9.83. The Balaban J connectivity index is 2.51. The standard InChI is InChI=1S/C15H17N/c1-3-12-10-14(16)8-9-15(12)13-6-4-11(2)5-7-13/h4-10H,3,16H2,1-2H3. The van der Waals surface area contributed by atoms with Crippen LogP contribution in [0, 0.1) is 6.92 Å². The molecule has 0 aliphatic carbocycles. The van der Waals surface area contributed by atoms with Crippen LogP contribution in [0.15, 0.2) is 42.5 Å². The number of benzene rings is 2. The van der Waals surface area contributed by atoms with E-state index in [0.717, 1.165) is 12.1 Å². The van der Waals surface area contributed by atoms with Crippen molar-refractivity contribution in [3.63, 3.8) is 0 Å². The lowest BCUT2D eigenvalue weighted by atomic mass is 9.97. The Labute approximate surface area is 96.9 Å². The Morgan fingerprint density at radius 1 is 1.00 bits per heavy atom. The van der Waals surface area contributed by atoms with Crippen molar-refractivity contribution in [2.24, 2.45) is 0 Å². The molecular formula is C15H17N. The number of rotatable bonds is 2. The van der Waals surface area contributed by atoms with E-state index >= 15 is 0 Å². The third-order valence-electron chi connectivity index (χ3n) is 2.87. The average molecular weight is 211 g/mol. The molecule has 2 N–H and O–H groups in total. The molecule has 2 aromatic rings. The van der Waals surface area contributed by atoms with E-state index < -0.39 is 0 Å². The molecule has 0 atom stereocenters. The lowest BCUT2D eigenvalue weighted by Gasteiger charge is -2.09. The van der Waals surface area contributed by atoms with E-state index in [1.165, 1.54) is 22.3 Å². The van der Waals surface area contributed by atoms with Crippen molar-refractivity contribution in [2.75, 3.05) is 5.73 Å². The third-order valence-corrected chi connectivity index (χ3v) is 2.87. The number of hydrogen-bond acceptors (Lipinski definition) is 1. The van der Waals surface area contributed by atoms with E-state index in [2.05, 4.69) is 50.2 Å². The second kappa shape index (κ2) is 4.40. The van der Waals surface area contributed by atoms with Crippen LogP contribution in [0.5, 0.6) is 0 Å². The maximum Gasteiger partial charge on any atom is 0.0317 e. The van der Waals surface area contributed by atoms with Crippen LogP contribution in [-0.4, -0.2) is 0 Å². The molecule has 0 bridgehead atoms. The van der Waals surface area contributed by atoms with Crippen molar-refractivity contribution in [3.8, 4) is 11.1 Å². The highest BCUT2D eigenvalue weighted by Crippen LogP contribution is 2.26. The topological polar surface area (TPSA) is 26.0 Å². The number of nitrogens with two attached hydrogens (primary N) is 1. The van der Waals surface area contributed by atoms with Crippen LogP contribution >= 0.6 is 0 Å². The Morgan fingerprint density at radius 2 is 1.69 bits per heavy atom. The molecule has 0 aliphatic heterocycles. The van der Waals surface area contributed by atoms with Crippen LogP contribution in [0.1, 0.15) is 18.1 Å². The highest BCUT2D eigenvalue weighted by atomic mass is 14.5. The van der Waals surface area contributed by atoms with Crippen LogP contribution in [0.25, 0.3) is 11.1 Å². The predicted molar refractivity (Wildman–Crippen MR) is 70.4 cm³/mol. The molecule has 2 aromatic carbocycles. The summed E-state index contributed by atoms with van der Waals surface area (Å²) in [7, 11) is 0. The van der Waals surface area contributed by atoms with E-state index in [-0.39, 0.29) is 0 Å². The minimum atomic E-state index is 0.840. The smallest absolute Gasteiger partial charge is 0.0317 e. The first-order valence-electron chi connectivity index (χ1n) is 5.66. The second-order valence-corrected chi connectivity index (χ2v) is 4.14. The van der Waals surface area contributed by atoms with Gasteiger partial charge >= 0.3 is 0 Å². The fraction of sp³-hybridized carbons (Fsp3) is 0.200. The summed E-state index contributed by atoms with van der Waals surface area (Å²) >= 11 is 0. The summed E-state index contributed by atoms with van der Waals surface area (Å²) < 4.78 is 0. The van der Waals surface area contributed by atoms with Crippen molar-refractivity contribution in [3.05, 3.63) is 53.6 Å². The van der Waals surface area contributed by atoms with Crippen LogP contribution in [-0.2, 0) is 6.42 Å². The zero-order valence-electron chi connectivity index (χ0n) is 9.83. The first-order valence-corrected chi connectivity index (χ1v) is 5.66. The van der Waals surface area contributed by atoms with Crippen molar-refractivity contribution in [1.29, 1.82) is 0 Å². The second-order valence-electron chi connectivity index (χ2n) is 4.14. The van der Waals surface area contributed by atoms with Gasteiger partial charge in [-0.1, -0.05) is 42.8 Å². The summed E-state index contributed by atoms with van der Waals surface area (Å²) in [5.41, 5.74) is 11.8.